The molecule has 29 heavy (non-hydrogen) atoms. The van der Waals surface area contributed by atoms with Crippen LogP contribution >= 0.6 is 11.3 Å². The number of anilines is 1. The summed E-state index contributed by atoms with van der Waals surface area (Å²) >= 11 is 1.11. The smallest absolute Gasteiger partial charge is 0.387 e. The Hall–Kier alpha value is -3.14. The van der Waals surface area contributed by atoms with Crippen LogP contribution in [0.15, 0.2) is 42.6 Å². The highest BCUT2D eigenvalue weighted by Gasteiger charge is 2.21. The molecule has 1 aromatic heterocycles. The molecular formula is C19H14F4N2O3S. The number of nitrogens with one attached hydrogen (secondary N) is 1. The van der Waals surface area contributed by atoms with Crippen LogP contribution in [0.2, 0.25) is 0 Å². The van der Waals surface area contributed by atoms with Crippen LogP contribution in [-0.2, 0) is 6.42 Å². The van der Waals surface area contributed by atoms with Gasteiger partial charge in [-0.2, -0.15) is 8.78 Å². The predicted molar refractivity (Wildman–Crippen MR) is 98.9 cm³/mol. The average molecular weight is 426 g/mol. The van der Waals surface area contributed by atoms with Gasteiger partial charge in [-0.05, 0) is 29.8 Å². The summed E-state index contributed by atoms with van der Waals surface area (Å²) in [5.74, 6) is -3.01. The molecule has 10 heteroatoms. The lowest BCUT2D eigenvalue weighted by Crippen LogP contribution is -2.15. The molecule has 0 saturated carbocycles. The largest absolute Gasteiger partial charge is 0.493 e. The van der Waals surface area contributed by atoms with Gasteiger partial charge in [0.1, 0.15) is 0 Å². The third-order valence-electron chi connectivity index (χ3n) is 3.79. The molecule has 1 amide bonds. The van der Waals surface area contributed by atoms with Crippen molar-refractivity contribution in [1.29, 1.82) is 0 Å². The van der Waals surface area contributed by atoms with Crippen LogP contribution < -0.4 is 14.8 Å². The van der Waals surface area contributed by atoms with E-state index in [-0.39, 0.29) is 28.6 Å². The summed E-state index contributed by atoms with van der Waals surface area (Å²) in [5.41, 5.74) is 0.382. The third kappa shape index (κ3) is 5.02. The number of thiazole rings is 1. The van der Waals surface area contributed by atoms with Crippen molar-refractivity contribution in [2.24, 2.45) is 0 Å². The maximum Gasteiger partial charge on any atom is 0.387 e. The van der Waals surface area contributed by atoms with E-state index in [0.29, 0.717) is 10.4 Å². The van der Waals surface area contributed by atoms with E-state index < -0.39 is 24.2 Å². The monoisotopic (exact) mass is 426 g/mol. The number of methoxy groups -OCH3 is 1. The summed E-state index contributed by atoms with van der Waals surface area (Å²) in [6.45, 7) is -3.14. The molecule has 3 rings (SSSR count). The summed E-state index contributed by atoms with van der Waals surface area (Å²) in [6.07, 6.45) is 1.76. The zero-order chi connectivity index (χ0) is 21.0. The highest BCUT2D eigenvalue weighted by molar-refractivity contribution is 7.15. The Kier molecular flexibility index (Phi) is 6.32. The quantitative estimate of drug-likeness (QED) is 0.548. The fourth-order valence-corrected chi connectivity index (χ4v) is 3.37. The van der Waals surface area contributed by atoms with Gasteiger partial charge >= 0.3 is 6.61 Å². The molecule has 152 valence electrons. The fraction of sp³-hybridized carbons (Fsp3) is 0.158. The number of benzene rings is 2. The van der Waals surface area contributed by atoms with E-state index in [1.165, 1.54) is 37.6 Å². The van der Waals surface area contributed by atoms with Crippen molar-refractivity contribution in [3.05, 3.63) is 70.2 Å². The molecule has 0 bridgehead atoms. The van der Waals surface area contributed by atoms with Crippen LogP contribution in [0.25, 0.3) is 0 Å². The highest BCUT2D eigenvalue weighted by atomic mass is 32.1. The number of amides is 1. The topological polar surface area (TPSA) is 60.5 Å². The molecule has 0 unspecified atom stereocenters. The maximum absolute atomic E-state index is 13.3. The maximum atomic E-state index is 13.3. The molecule has 1 N–H and O–H groups in total. The summed E-state index contributed by atoms with van der Waals surface area (Å²) in [5, 5.41) is 2.71. The summed E-state index contributed by atoms with van der Waals surface area (Å²) in [7, 11) is 1.26. The minimum absolute atomic E-state index is 0.0175. The molecule has 3 aromatic rings. The molecule has 0 fully saturated rings. The zero-order valence-electron chi connectivity index (χ0n) is 14.9. The van der Waals surface area contributed by atoms with E-state index in [9.17, 15) is 22.4 Å². The Morgan fingerprint density at radius 1 is 1.21 bits per heavy atom. The second-order valence-corrected chi connectivity index (χ2v) is 6.84. The number of aromatic nitrogens is 1. The Labute approximate surface area is 166 Å². The van der Waals surface area contributed by atoms with Crippen molar-refractivity contribution in [2.75, 3.05) is 12.4 Å². The second-order valence-electron chi connectivity index (χ2n) is 5.73. The SMILES string of the molecule is COc1cccc(C(=O)Nc2ncc(Cc3ccc(F)c(F)c3)s2)c1OC(F)F. The number of carbonyl (C=O) groups is 1. The van der Waals surface area contributed by atoms with E-state index in [1.54, 1.807) is 0 Å². The van der Waals surface area contributed by atoms with Gasteiger partial charge in [-0.1, -0.05) is 12.1 Å². The molecule has 0 radical (unpaired) electrons. The number of para-hydroxylation sites is 1. The first kappa shape index (κ1) is 20.6. The van der Waals surface area contributed by atoms with Crippen LogP contribution in [0.5, 0.6) is 11.5 Å². The van der Waals surface area contributed by atoms with Crippen molar-refractivity contribution in [1.82, 2.24) is 4.98 Å². The van der Waals surface area contributed by atoms with E-state index in [1.807, 2.05) is 0 Å². The number of alkyl halides is 2. The third-order valence-corrected chi connectivity index (χ3v) is 4.70. The Morgan fingerprint density at radius 2 is 2.00 bits per heavy atom. The number of carbonyl (C=O) groups excluding carboxylic acids is 1. The molecular weight excluding hydrogens is 412 g/mol. The molecule has 2 aromatic carbocycles. The summed E-state index contributed by atoms with van der Waals surface area (Å²) < 4.78 is 61.1. The number of nitrogens with zero attached hydrogens (tertiary/aromatic N) is 1. The van der Waals surface area contributed by atoms with Crippen molar-refractivity contribution in [2.45, 2.75) is 13.0 Å². The van der Waals surface area contributed by atoms with E-state index in [2.05, 4.69) is 15.0 Å². The summed E-state index contributed by atoms with van der Waals surface area (Å²) in [4.78, 5) is 17.2. The van der Waals surface area contributed by atoms with Crippen molar-refractivity contribution in [3.8, 4) is 11.5 Å². The molecule has 0 aliphatic heterocycles. The number of hydrogen-bond acceptors (Lipinski definition) is 5. The van der Waals surface area contributed by atoms with Crippen LogP contribution in [0, 0.1) is 11.6 Å². The zero-order valence-corrected chi connectivity index (χ0v) is 15.7. The van der Waals surface area contributed by atoms with Crippen LogP contribution in [0.3, 0.4) is 0 Å². The van der Waals surface area contributed by atoms with Gasteiger partial charge in [-0.25, -0.2) is 13.8 Å². The molecule has 1 heterocycles. The van der Waals surface area contributed by atoms with Crippen LogP contribution in [0.1, 0.15) is 20.8 Å². The number of rotatable bonds is 7. The van der Waals surface area contributed by atoms with Crippen LogP contribution in [0.4, 0.5) is 22.7 Å². The van der Waals surface area contributed by atoms with Crippen LogP contribution in [-0.4, -0.2) is 24.6 Å². The molecule has 5 nitrogen and oxygen atoms in total. The van der Waals surface area contributed by atoms with Gasteiger partial charge in [-0.15, -0.1) is 11.3 Å². The molecule has 0 saturated heterocycles. The van der Waals surface area contributed by atoms with E-state index in [0.717, 1.165) is 23.5 Å². The first-order valence-electron chi connectivity index (χ1n) is 8.19. The van der Waals surface area contributed by atoms with Gasteiger partial charge in [0.05, 0.1) is 12.7 Å². The molecule has 0 aliphatic carbocycles. The Balaban J connectivity index is 1.76. The summed E-state index contributed by atoms with van der Waals surface area (Å²) in [6, 6.07) is 7.71. The lowest BCUT2D eigenvalue weighted by atomic mass is 10.1. The van der Waals surface area contributed by atoms with Gasteiger partial charge < -0.3 is 9.47 Å². The Morgan fingerprint density at radius 3 is 2.69 bits per heavy atom. The standard InChI is InChI=1S/C19H14F4N2O3S/c1-27-15-4-2-3-12(16(15)28-18(22)23)17(26)25-19-24-9-11(29-19)7-10-5-6-13(20)14(21)8-10/h2-6,8-9,18H,7H2,1H3,(H,24,25,26). The van der Waals surface area contributed by atoms with Crippen molar-refractivity contribution >= 4 is 22.4 Å². The van der Waals surface area contributed by atoms with Gasteiger partial charge in [0.25, 0.3) is 5.91 Å². The van der Waals surface area contributed by atoms with E-state index >= 15 is 0 Å². The lowest BCUT2D eigenvalue weighted by molar-refractivity contribution is -0.0515. The molecule has 0 aliphatic rings. The minimum Gasteiger partial charge on any atom is -0.493 e. The second kappa shape index (κ2) is 8.91. The Bertz CT molecular complexity index is 1030. The van der Waals surface area contributed by atoms with Gasteiger partial charge in [0, 0.05) is 17.5 Å². The first-order valence-corrected chi connectivity index (χ1v) is 9.01. The normalized spacial score (nSPS) is 10.8. The average Bonchev–Trinajstić information content (AvgIpc) is 3.11. The molecule has 0 spiro atoms. The number of halogens is 4. The van der Waals surface area contributed by atoms with Crippen molar-refractivity contribution < 1.29 is 31.8 Å². The van der Waals surface area contributed by atoms with E-state index in [4.69, 9.17) is 4.74 Å². The van der Waals surface area contributed by atoms with Crippen molar-refractivity contribution in [3.63, 3.8) is 0 Å². The fourth-order valence-electron chi connectivity index (χ4n) is 2.53. The first-order chi connectivity index (χ1) is 13.9. The predicted octanol–water partition coefficient (Wildman–Crippen LogP) is 4.87. The molecule has 0 atom stereocenters. The number of ether oxygens (including phenoxy) is 2. The van der Waals surface area contributed by atoms with Gasteiger partial charge in [-0.3, -0.25) is 10.1 Å². The minimum atomic E-state index is -3.14. The van der Waals surface area contributed by atoms with Gasteiger partial charge in [0.2, 0.25) is 0 Å². The highest BCUT2D eigenvalue weighted by Crippen LogP contribution is 2.33. The number of hydrogen-bond donors (Lipinski definition) is 1. The lowest BCUT2D eigenvalue weighted by Gasteiger charge is -2.13. The van der Waals surface area contributed by atoms with Gasteiger partial charge in [0.15, 0.2) is 28.3 Å².